The van der Waals surface area contributed by atoms with E-state index in [9.17, 15) is 4.79 Å². The lowest BCUT2D eigenvalue weighted by Gasteiger charge is -2.20. The van der Waals surface area contributed by atoms with Gasteiger partial charge in [-0.2, -0.15) is 0 Å². The van der Waals surface area contributed by atoms with Gasteiger partial charge in [-0.3, -0.25) is 4.79 Å². The van der Waals surface area contributed by atoms with Crippen molar-refractivity contribution in [2.45, 2.75) is 38.6 Å². The highest BCUT2D eigenvalue weighted by atomic mass is 35.5. The summed E-state index contributed by atoms with van der Waals surface area (Å²) in [6.07, 6.45) is 4.85. The first-order valence-electron chi connectivity index (χ1n) is 8.80. The molecule has 0 saturated carbocycles. The van der Waals surface area contributed by atoms with Gasteiger partial charge in [-0.05, 0) is 30.5 Å². The lowest BCUT2D eigenvalue weighted by Crippen LogP contribution is -2.36. The van der Waals surface area contributed by atoms with E-state index < -0.39 is 0 Å². The number of hydrogen-bond acceptors (Lipinski definition) is 4. The number of carbonyl (C=O) groups excluding carboxylic acids is 1. The van der Waals surface area contributed by atoms with Crippen molar-refractivity contribution in [1.29, 1.82) is 0 Å². The number of amides is 1. The van der Waals surface area contributed by atoms with E-state index in [1.807, 2.05) is 17.0 Å². The molecule has 132 valence electrons. The van der Waals surface area contributed by atoms with Gasteiger partial charge in [0.1, 0.15) is 0 Å². The molecule has 0 radical (unpaired) electrons. The second kappa shape index (κ2) is 8.58. The standard InChI is InChI=1S/C18H25ClN2O3/c19-15-11-14(12-16-18(15)24-10-4-9-23-16)13-20-6-8-21-7-3-1-2-5-17(21)22/h11-12,20H,1-10,13H2. The maximum Gasteiger partial charge on any atom is 0.222 e. The van der Waals surface area contributed by atoms with Crippen LogP contribution in [0.4, 0.5) is 0 Å². The molecule has 1 fully saturated rings. The summed E-state index contributed by atoms with van der Waals surface area (Å²) in [6.45, 7) is 4.40. The van der Waals surface area contributed by atoms with E-state index in [4.69, 9.17) is 21.1 Å². The fourth-order valence-electron chi connectivity index (χ4n) is 3.11. The summed E-state index contributed by atoms with van der Waals surface area (Å²) < 4.78 is 11.4. The Balaban J connectivity index is 1.50. The number of rotatable bonds is 5. The number of nitrogens with one attached hydrogen (secondary N) is 1. The van der Waals surface area contributed by atoms with Gasteiger partial charge in [0.05, 0.1) is 18.2 Å². The van der Waals surface area contributed by atoms with Crippen LogP contribution in [-0.2, 0) is 11.3 Å². The number of ether oxygens (including phenoxy) is 2. The molecule has 0 unspecified atom stereocenters. The Labute approximate surface area is 148 Å². The Hall–Kier alpha value is -1.46. The largest absolute Gasteiger partial charge is 0.489 e. The fourth-order valence-corrected chi connectivity index (χ4v) is 3.40. The first-order chi connectivity index (χ1) is 11.7. The van der Waals surface area contributed by atoms with Crippen molar-refractivity contribution in [3.63, 3.8) is 0 Å². The number of nitrogens with zero attached hydrogens (tertiary/aromatic N) is 1. The van der Waals surface area contributed by atoms with Crippen molar-refractivity contribution in [3.05, 3.63) is 22.7 Å². The number of hydrogen-bond donors (Lipinski definition) is 1. The Morgan fingerprint density at radius 2 is 2.00 bits per heavy atom. The molecule has 5 nitrogen and oxygen atoms in total. The molecule has 24 heavy (non-hydrogen) atoms. The van der Waals surface area contributed by atoms with Crippen LogP contribution in [0.25, 0.3) is 0 Å². The van der Waals surface area contributed by atoms with E-state index in [1.165, 1.54) is 0 Å². The molecule has 0 spiro atoms. The second-order valence-electron chi connectivity index (χ2n) is 6.32. The van der Waals surface area contributed by atoms with Gasteiger partial charge in [0.2, 0.25) is 5.91 Å². The zero-order chi connectivity index (χ0) is 16.8. The Morgan fingerprint density at radius 1 is 1.12 bits per heavy atom. The van der Waals surface area contributed by atoms with Crippen molar-refractivity contribution >= 4 is 17.5 Å². The highest BCUT2D eigenvalue weighted by Crippen LogP contribution is 2.37. The van der Waals surface area contributed by atoms with Crippen LogP contribution in [-0.4, -0.2) is 43.7 Å². The molecule has 2 aliphatic heterocycles. The Bertz CT molecular complexity index is 580. The van der Waals surface area contributed by atoms with Crippen LogP contribution in [0.15, 0.2) is 12.1 Å². The van der Waals surface area contributed by atoms with Gasteiger partial charge in [0, 0.05) is 39.0 Å². The third kappa shape index (κ3) is 4.54. The molecule has 3 rings (SSSR count). The Kier molecular flexibility index (Phi) is 6.21. The van der Waals surface area contributed by atoms with Crippen LogP contribution >= 0.6 is 11.6 Å². The lowest BCUT2D eigenvalue weighted by atomic mass is 10.2. The number of likely N-dealkylation sites (tertiary alicyclic amines) is 1. The fraction of sp³-hybridized carbons (Fsp3) is 0.611. The van der Waals surface area contributed by atoms with Gasteiger partial charge in [-0.15, -0.1) is 0 Å². The van der Waals surface area contributed by atoms with Gasteiger partial charge in [-0.1, -0.05) is 18.0 Å². The van der Waals surface area contributed by atoms with Crippen molar-refractivity contribution in [2.24, 2.45) is 0 Å². The summed E-state index contributed by atoms with van der Waals surface area (Å²) in [5, 5.41) is 3.98. The van der Waals surface area contributed by atoms with Crippen molar-refractivity contribution in [1.82, 2.24) is 10.2 Å². The number of fused-ring (bicyclic) bond motifs is 1. The minimum Gasteiger partial charge on any atom is -0.489 e. The van der Waals surface area contributed by atoms with Crippen molar-refractivity contribution in [3.8, 4) is 11.5 Å². The van der Waals surface area contributed by atoms with E-state index in [0.29, 0.717) is 37.0 Å². The first kappa shape index (κ1) is 17.4. The second-order valence-corrected chi connectivity index (χ2v) is 6.73. The average molecular weight is 353 g/mol. The third-order valence-electron chi connectivity index (χ3n) is 4.42. The molecule has 2 heterocycles. The first-order valence-corrected chi connectivity index (χ1v) is 9.18. The number of halogens is 1. The average Bonchev–Trinajstić information content (AvgIpc) is 2.92. The van der Waals surface area contributed by atoms with Gasteiger partial charge < -0.3 is 19.7 Å². The molecule has 1 aromatic rings. The molecule has 1 aromatic carbocycles. The van der Waals surface area contributed by atoms with Gasteiger partial charge in [0.25, 0.3) is 0 Å². The minimum absolute atomic E-state index is 0.285. The van der Waals surface area contributed by atoms with E-state index in [2.05, 4.69) is 5.32 Å². The van der Waals surface area contributed by atoms with E-state index in [0.717, 1.165) is 56.6 Å². The summed E-state index contributed by atoms with van der Waals surface area (Å²) in [4.78, 5) is 13.9. The molecule has 1 N–H and O–H groups in total. The Morgan fingerprint density at radius 3 is 2.92 bits per heavy atom. The zero-order valence-electron chi connectivity index (χ0n) is 14.0. The molecule has 0 aromatic heterocycles. The van der Waals surface area contributed by atoms with Crippen LogP contribution in [0.2, 0.25) is 5.02 Å². The molecule has 0 atom stereocenters. The SMILES string of the molecule is O=C1CCCCCN1CCNCc1cc(Cl)c2c(c1)OCCCO2. The van der Waals surface area contributed by atoms with Gasteiger partial charge >= 0.3 is 0 Å². The predicted octanol–water partition coefficient (Wildman–Crippen LogP) is 2.99. The molecule has 6 heteroatoms. The van der Waals surface area contributed by atoms with E-state index in [1.54, 1.807) is 0 Å². The quantitative estimate of drug-likeness (QED) is 0.828. The molecule has 1 saturated heterocycles. The molecule has 0 aliphatic carbocycles. The van der Waals surface area contributed by atoms with Gasteiger partial charge in [-0.25, -0.2) is 0 Å². The summed E-state index contributed by atoms with van der Waals surface area (Å²) in [6, 6.07) is 3.90. The molecule has 0 bridgehead atoms. The smallest absolute Gasteiger partial charge is 0.222 e. The zero-order valence-corrected chi connectivity index (χ0v) is 14.7. The summed E-state index contributed by atoms with van der Waals surface area (Å²) >= 11 is 6.31. The summed E-state index contributed by atoms with van der Waals surface area (Å²) in [5.41, 5.74) is 1.06. The van der Waals surface area contributed by atoms with Crippen LogP contribution in [0, 0.1) is 0 Å². The monoisotopic (exact) mass is 352 g/mol. The summed E-state index contributed by atoms with van der Waals surface area (Å²) in [5.74, 6) is 1.65. The summed E-state index contributed by atoms with van der Waals surface area (Å²) in [7, 11) is 0. The topological polar surface area (TPSA) is 50.8 Å². The molecular formula is C18H25ClN2O3. The minimum atomic E-state index is 0.285. The van der Waals surface area contributed by atoms with Crippen molar-refractivity contribution in [2.75, 3.05) is 32.8 Å². The van der Waals surface area contributed by atoms with Gasteiger partial charge in [0.15, 0.2) is 11.5 Å². The maximum atomic E-state index is 12.0. The highest BCUT2D eigenvalue weighted by Gasteiger charge is 2.17. The van der Waals surface area contributed by atoms with Crippen LogP contribution in [0.5, 0.6) is 11.5 Å². The molecule has 2 aliphatic rings. The number of benzene rings is 1. The molecular weight excluding hydrogens is 328 g/mol. The normalized spacial score (nSPS) is 18.2. The maximum absolute atomic E-state index is 12.0. The van der Waals surface area contributed by atoms with E-state index in [-0.39, 0.29) is 5.91 Å². The lowest BCUT2D eigenvalue weighted by molar-refractivity contribution is -0.130. The van der Waals surface area contributed by atoms with E-state index >= 15 is 0 Å². The number of carbonyl (C=O) groups is 1. The highest BCUT2D eigenvalue weighted by molar-refractivity contribution is 6.32. The van der Waals surface area contributed by atoms with Crippen LogP contribution in [0.3, 0.4) is 0 Å². The van der Waals surface area contributed by atoms with Crippen molar-refractivity contribution < 1.29 is 14.3 Å². The third-order valence-corrected chi connectivity index (χ3v) is 4.70. The van der Waals surface area contributed by atoms with Crippen LogP contribution < -0.4 is 14.8 Å². The molecule has 1 amide bonds. The predicted molar refractivity (Wildman–Crippen MR) is 93.8 cm³/mol. The van der Waals surface area contributed by atoms with Crippen LogP contribution in [0.1, 0.15) is 37.7 Å².